The quantitative estimate of drug-likeness (QED) is 0.381. The van der Waals surface area contributed by atoms with E-state index in [9.17, 15) is 27.5 Å². The smallest absolute Gasteiger partial charge is 0.437 e. The van der Waals surface area contributed by atoms with Crippen LogP contribution < -0.4 is 10.6 Å². The van der Waals surface area contributed by atoms with Crippen LogP contribution in [0, 0.1) is 17.2 Å². The Bertz CT molecular complexity index is 1260. The van der Waals surface area contributed by atoms with E-state index in [4.69, 9.17) is 0 Å². The molecule has 188 valence electrons. The molecule has 3 aliphatic rings. The number of carbonyl (C=O) groups is 1. The molecule has 6 rings (SSSR count). The molecule has 3 saturated carbocycles. The number of hydrogen-bond acceptors (Lipinski definition) is 5. The molecule has 3 N–H and O–H groups in total. The molecule has 2 bridgehead atoms. The van der Waals surface area contributed by atoms with Gasteiger partial charge in [0.1, 0.15) is 11.6 Å². The summed E-state index contributed by atoms with van der Waals surface area (Å²) in [5.74, 6) is -1.19. The Morgan fingerprint density at radius 1 is 1.03 bits per heavy atom. The Morgan fingerprint density at radius 2 is 1.69 bits per heavy atom. The fraction of sp³-hybridized carbons (Fsp3) is 0.346. The summed E-state index contributed by atoms with van der Waals surface area (Å²) in [6.07, 6.45) is 0.0469. The minimum atomic E-state index is -4.61. The van der Waals surface area contributed by atoms with Crippen LogP contribution in [0.2, 0.25) is 0 Å². The van der Waals surface area contributed by atoms with Gasteiger partial charge in [0.2, 0.25) is 0 Å². The average molecular weight is 500 g/mol. The van der Waals surface area contributed by atoms with E-state index in [-0.39, 0.29) is 34.3 Å². The van der Waals surface area contributed by atoms with Crippen LogP contribution in [0.4, 0.5) is 23.4 Å². The second kappa shape index (κ2) is 8.76. The molecular weight excluding hydrogens is 476 g/mol. The van der Waals surface area contributed by atoms with Gasteiger partial charge in [-0.05, 0) is 66.8 Å². The van der Waals surface area contributed by atoms with E-state index >= 15 is 0 Å². The Balaban J connectivity index is 1.30. The van der Waals surface area contributed by atoms with Crippen molar-refractivity contribution in [2.75, 3.05) is 11.9 Å². The molecule has 0 spiro atoms. The van der Waals surface area contributed by atoms with Gasteiger partial charge in [0.05, 0.1) is 5.56 Å². The lowest BCUT2D eigenvalue weighted by Gasteiger charge is -2.73. The number of phenolic OH excluding ortho intramolecular Hbond substituents is 1. The van der Waals surface area contributed by atoms with E-state index < -0.39 is 23.3 Å². The zero-order valence-corrected chi connectivity index (χ0v) is 19.1. The van der Waals surface area contributed by atoms with Gasteiger partial charge < -0.3 is 15.7 Å². The van der Waals surface area contributed by atoms with Gasteiger partial charge in [-0.15, -0.1) is 0 Å². The molecule has 1 atom stereocenters. The zero-order chi connectivity index (χ0) is 25.6. The fourth-order valence-electron chi connectivity index (χ4n) is 5.71. The van der Waals surface area contributed by atoms with Crippen molar-refractivity contribution in [3.05, 3.63) is 83.6 Å². The van der Waals surface area contributed by atoms with Crippen molar-refractivity contribution in [2.45, 2.75) is 37.4 Å². The predicted octanol–water partition coefficient (Wildman–Crippen LogP) is 4.96. The third kappa shape index (κ3) is 4.47. The molecule has 0 saturated heterocycles. The number of aromatic hydroxyl groups is 1. The lowest BCUT2D eigenvalue weighted by Crippen LogP contribution is -2.74. The number of hydrogen-bond donors (Lipinski definition) is 3. The summed E-state index contributed by atoms with van der Waals surface area (Å²) in [6, 6.07) is 12.4. The highest BCUT2D eigenvalue weighted by Crippen LogP contribution is 2.72. The summed E-state index contributed by atoms with van der Waals surface area (Å²) in [4.78, 5) is 20.0. The maximum absolute atomic E-state index is 13.4. The van der Waals surface area contributed by atoms with Gasteiger partial charge in [-0.3, -0.25) is 4.79 Å². The third-order valence-electron chi connectivity index (χ3n) is 7.34. The Kier molecular flexibility index (Phi) is 5.84. The summed E-state index contributed by atoms with van der Waals surface area (Å²) in [7, 11) is 0. The molecule has 0 radical (unpaired) electrons. The van der Waals surface area contributed by atoms with Crippen LogP contribution in [-0.2, 0) is 12.6 Å². The first-order valence-electron chi connectivity index (χ1n) is 11.6. The molecule has 3 aliphatic carbocycles. The van der Waals surface area contributed by atoms with E-state index in [2.05, 4.69) is 20.6 Å². The number of amides is 1. The van der Waals surface area contributed by atoms with Crippen molar-refractivity contribution >= 4 is 11.7 Å². The Morgan fingerprint density at radius 3 is 2.36 bits per heavy atom. The van der Waals surface area contributed by atoms with Crippen LogP contribution in [0.3, 0.4) is 0 Å². The topological polar surface area (TPSA) is 87.1 Å². The van der Waals surface area contributed by atoms with E-state index in [0.717, 1.165) is 11.8 Å². The SMILES string of the molecule is O=C(NCC(Cc1ccc(F)cc1)C12CC(Nc3nccnc3C(F)(F)F)(C1)C2)c1ccccc1O. The number of halogens is 4. The van der Waals surface area contributed by atoms with Crippen LogP contribution in [0.1, 0.15) is 40.9 Å². The molecule has 3 fully saturated rings. The summed E-state index contributed by atoms with van der Waals surface area (Å²) in [5.41, 5.74) is -0.664. The number of benzene rings is 2. The maximum atomic E-state index is 13.4. The molecule has 6 nitrogen and oxygen atoms in total. The van der Waals surface area contributed by atoms with Crippen LogP contribution in [0.15, 0.2) is 60.9 Å². The van der Waals surface area contributed by atoms with Crippen LogP contribution in [0.5, 0.6) is 5.75 Å². The monoisotopic (exact) mass is 500 g/mol. The molecule has 1 aromatic heterocycles. The number of aromatic nitrogens is 2. The van der Waals surface area contributed by atoms with Gasteiger partial charge in [0, 0.05) is 24.5 Å². The molecule has 36 heavy (non-hydrogen) atoms. The zero-order valence-electron chi connectivity index (χ0n) is 19.1. The van der Waals surface area contributed by atoms with Crippen molar-refractivity contribution in [2.24, 2.45) is 11.3 Å². The largest absolute Gasteiger partial charge is 0.507 e. The first-order chi connectivity index (χ1) is 17.1. The standard InChI is InChI=1S/C26H24F4N4O2/c27-18-7-5-16(6-8-18)11-17(12-33-23(36)19-3-1-2-4-20(19)35)24-13-25(14-24,15-24)34-22-21(26(28,29)30)31-9-10-32-22/h1-10,17,35H,11-15H2,(H,32,34)(H,33,36). The summed E-state index contributed by atoms with van der Waals surface area (Å²) >= 11 is 0. The van der Waals surface area contributed by atoms with Gasteiger partial charge in [-0.1, -0.05) is 24.3 Å². The van der Waals surface area contributed by atoms with Crippen LogP contribution in [-0.4, -0.2) is 33.1 Å². The summed E-state index contributed by atoms with van der Waals surface area (Å²) < 4.78 is 53.5. The first-order valence-corrected chi connectivity index (χ1v) is 11.6. The van der Waals surface area contributed by atoms with E-state index in [1.165, 1.54) is 30.5 Å². The second-order valence-electron chi connectivity index (χ2n) is 9.80. The molecule has 1 unspecified atom stereocenters. The summed E-state index contributed by atoms with van der Waals surface area (Å²) in [6.45, 7) is 0.305. The number of alkyl halides is 3. The Labute approximate surface area is 204 Å². The van der Waals surface area contributed by atoms with Gasteiger partial charge >= 0.3 is 6.18 Å². The van der Waals surface area contributed by atoms with Crippen molar-refractivity contribution in [3.8, 4) is 5.75 Å². The summed E-state index contributed by atoms with van der Waals surface area (Å²) in [5, 5.41) is 15.9. The molecule has 2 aromatic carbocycles. The lowest BCUT2D eigenvalue weighted by molar-refractivity contribution is -0.159. The van der Waals surface area contributed by atoms with Crippen molar-refractivity contribution in [3.63, 3.8) is 0 Å². The number of phenols is 1. The average Bonchev–Trinajstić information content (AvgIpc) is 2.79. The number of anilines is 1. The van der Waals surface area contributed by atoms with Crippen molar-refractivity contribution in [1.82, 2.24) is 15.3 Å². The third-order valence-corrected chi connectivity index (χ3v) is 7.34. The number of carbonyl (C=O) groups excluding carboxylic acids is 1. The molecule has 1 heterocycles. The van der Waals surface area contributed by atoms with Gasteiger partial charge in [-0.2, -0.15) is 13.2 Å². The van der Waals surface area contributed by atoms with Crippen LogP contribution >= 0.6 is 0 Å². The number of para-hydroxylation sites is 1. The molecule has 1 amide bonds. The van der Waals surface area contributed by atoms with E-state index in [1.54, 1.807) is 24.3 Å². The van der Waals surface area contributed by atoms with Gasteiger partial charge in [-0.25, -0.2) is 14.4 Å². The molecular formula is C26H24F4N4O2. The molecule has 0 aliphatic heterocycles. The molecule has 10 heteroatoms. The highest BCUT2D eigenvalue weighted by molar-refractivity contribution is 5.96. The molecule has 3 aromatic rings. The second-order valence-corrected chi connectivity index (χ2v) is 9.80. The van der Waals surface area contributed by atoms with E-state index in [0.29, 0.717) is 32.2 Å². The maximum Gasteiger partial charge on any atom is 0.437 e. The number of rotatable bonds is 8. The normalized spacial score (nSPS) is 23.2. The highest BCUT2D eigenvalue weighted by atomic mass is 19.4. The lowest BCUT2D eigenvalue weighted by atomic mass is 9.35. The minimum absolute atomic E-state index is 0.0367. The Hall–Kier alpha value is -3.69. The number of nitrogens with one attached hydrogen (secondary N) is 2. The number of nitrogens with zero attached hydrogens (tertiary/aromatic N) is 2. The fourth-order valence-corrected chi connectivity index (χ4v) is 5.71. The van der Waals surface area contributed by atoms with Gasteiger partial charge in [0.15, 0.2) is 11.5 Å². The van der Waals surface area contributed by atoms with E-state index in [1.807, 2.05) is 0 Å². The van der Waals surface area contributed by atoms with Crippen molar-refractivity contribution < 1.29 is 27.5 Å². The van der Waals surface area contributed by atoms with Gasteiger partial charge in [0.25, 0.3) is 5.91 Å². The highest BCUT2D eigenvalue weighted by Gasteiger charge is 2.70. The van der Waals surface area contributed by atoms with Crippen molar-refractivity contribution in [1.29, 1.82) is 0 Å². The van der Waals surface area contributed by atoms with Crippen LogP contribution in [0.25, 0.3) is 0 Å². The minimum Gasteiger partial charge on any atom is -0.507 e. The first kappa shape index (κ1) is 24.0. The predicted molar refractivity (Wildman–Crippen MR) is 124 cm³/mol.